The zero-order valence-corrected chi connectivity index (χ0v) is 11.8. The van der Waals surface area contributed by atoms with E-state index in [1.165, 1.54) is 24.3 Å². The molecule has 0 aromatic carbocycles. The highest BCUT2D eigenvalue weighted by Gasteiger charge is 2.29. The van der Waals surface area contributed by atoms with Gasteiger partial charge in [0, 0.05) is 36.8 Å². The van der Waals surface area contributed by atoms with Crippen molar-refractivity contribution in [3.63, 3.8) is 0 Å². The second-order valence-electron chi connectivity index (χ2n) is 5.51. The second-order valence-corrected chi connectivity index (χ2v) is 6.66. The largest absolute Gasteiger partial charge is 0.341 e. The Hall–Kier alpha value is -0.220. The van der Waals surface area contributed by atoms with Crippen LogP contribution in [-0.4, -0.2) is 47.5 Å². The van der Waals surface area contributed by atoms with Crippen LogP contribution in [0.5, 0.6) is 0 Å². The van der Waals surface area contributed by atoms with Crippen molar-refractivity contribution >= 4 is 17.7 Å². The Balaban J connectivity index is 1.75. The van der Waals surface area contributed by atoms with Gasteiger partial charge >= 0.3 is 0 Å². The second kappa shape index (κ2) is 6.10. The fourth-order valence-corrected chi connectivity index (χ4v) is 3.75. The molecule has 3 nitrogen and oxygen atoms in total. The van der Waals surface area contributed by atoms with E-state index >= 15 is 0 Å². The number of amides is 1. The summed E-state index contributed by atoms with van der Waals surface area (Å²) in [6, 6.07) is 1.20. The molecule has 98 valence electrons. The molecular weight excluding hydrogens is 232 g/mol. The minimum Gasteiger partial charge on any atom is -0.341 e. The Morgan fingerprint density at radius 3 is 2.82 bits per heavy atom. The third-order valence-electron chi connectivity index (χ3n) is 3.63. The number of thioether (sulfide) groups is 1. The lowest BCUT2D eigenvalue weighted by Crippen LogP contribution is -2.43. The zero-order chi connectivity index (χ0) is 12.3. The van der Waals surface area contributed by atoms with Gasteiger partial charge in [-0.05, 0) is 25.0 Å². The Kier molecular flexibility index (Phi) is 4.74. The molecule has 1 amide bonds. The summed E-state index contributed by atoms with van der Waals surface area (Å²) < 4.78 is 0. The van der Waals surface area contributed by atoms with Crippen LogP contribution in [-0.2, 0) is 4.79 Å². The molecule has 4 heteroatoms. The standard InChI is InChI=1S/C13H24N2OS/c1-10(2)13(16)15-6-5-11(8-15)14-12-4-3-7-17-9-12/h10-12,14H,3-9H2,1-2H3/t11-,12-/m1/s1. The molecule has 2 saturated heterocycles. The lowest BCUT2D eigenvalue weighted by atomic mass is 10.1. The van der Waals surface area contributed by atoms with Crippen molar-refractivity contribution in [1.82, 2.24) is 10.2 Å². The molecule has 0 radical (unpaired) electrons. The summed E-state index contributed by atoms with van der Waals surface area (Å²) in [5.41, 5.74) is 0. The molecule has 2 fully saturated rings. The summed E-state index contributed by atoms with van der Waals surface area (Å²) in [7, 11) is 0. The van der Waals surface area contributed by atoms with E-state index in [9.17, 15) is 4.79 Å². The topological polar surface area (TPSA) is 32.3 Å². The van der Waals surface area contributed by atoms with E-state index in [0.29, 0.717) is 18.0 Å². The zero-order valence-electron chi connectivity index (χ0n) is 10.9. The van der Waals surface area contributed by atoms with Gasteiger partial charge in [0.25, 0.3) is 0 Å². The summed E-state index contributed by atoms with van der Waals surface area (Å²) in [4.78, 5) is 13.9. The third-order valence-corrected chi connectivity index (χ3v) is 4.84. The van der Waals surface area contributed by atoms with Gasteiger partial charge in [-0.25, -0.2) is 0 Å². The molecule has 0 bridgehead atoms. The van der Waals surface area contributed by atoms with Crippen molar-refractivity contribution in [3.8, 4) is 0 Å². The van der Waals surface area contributed by atoms with Crippen LogP contribution in [0, 0.1) is 5.92 Å². The van der Waals surface area contributed by atoms with Gasteiger partial charge in [0.2, 0.25) is 5.91 Å². The average Bonchev–Trinajstić information content (AvgIpc) is 2.77. The van der Waals surface area contributed by atoms with Crippen LogP contribution >= 0.6 is 11.8 Å². The van der Waals surface area contributed by atoms with Crippen LogP contribution in [0.15, 0.2) is 0 Å². The molecule has 2 heterocycles. The number of hydrogen-bond donors (Lipinski definition) is 1. The summed E-state index contributed by atoms with van der Waals surface area (Å²) >= 11 is 2.06. The van der Waals surface area contributed by atoms with Crippen LogP contribution in [0.4, 0.5) is 0 Å². The number of hydrogen-bond acceptors (Lipinski definition) is 3. The first-order valence-corrected chi connectivity index (χ1v) is 7.95. The molecule has 0 saturated carbocycles. The highest BCUT2D eigenvalue weighted by atomic mass is 32.2. The highest BCUT2D eigenvalue weighted by molar-refractivity contribution is 7.99. The average molecular weight is 256 g/mol. The third kappa shape index (κ3) is 3.62. The highest BCUT2D eigenvalue weighted by Crippen LogP contribution is 2.19. The molecule has 0 spiro atoms. The molecule has 2 aliphatic heterocycles. The van der Waals surface area contributed by atoms with Crippen LogP contribution in [0.2, 0.25) is 0 Å². The van der Waals surface area contributed by atoms with Gasteiger partial charge in [0.15, 0.2) is 0 Å². The van der Waals surface area contributed by atoms with Gasteiger partial charge in [-0.2, -0.15) is 11.8 Å². The molecule has 2 rings (SSSR count). The summed E-state index contributed by atoms with van der Waals surface area (Å²) in [5, 5.41) is 3.73. The maximum atomic E-state index is 11.9. The van der Waals surface area contributed by atoms with Crippen LogP contribution in [0.1, 0.15) is 33.1 Å². The van der Waals surface area contributed by atoms with Crippen LogP contribution < -0.4 is 5.32 Å². The van der Waals surface area contributed by atoms with Gasteiger partial charge in [-0.1, -0.05) is 13.8 Å². The van der Waals surface area contributed by atoms with E-state index in [0.717, 1.165) is 19.5 Å². The summed E-state index contributed by atoms with van der Waals surface area (Å²) in [6.07, 6.45) is 3.77. The number of carbonyl (C=O) groups excluding carboxylic acids is 1. The Morgan fingerprint density at radius 1 is 1.35 bits per heavy atom. The maximum Gasteiger partial charge on any atom is 0.225 e. The molecule has 0 aromatic heterocycles. The van der Waals surface area contributed by atoms with E-state index in [1.54, 1.807) is 0 Å². The quantitative estimate of drug-likeness (QED) is 0.834. The lowest BCUT2D eigenvalue weighted by Gasteiger charge is -2.26. The van der Waals surface area contributed by atoms with Crippen molar-refractivity contribution < 1.29 is 4.79 Å². The summed E-state index contributed by atoms with van der Waals surface area (Å²) in [5.74, 6) is 3.02. The van der Waals surface area contributed by atoms with Crippen molar-refractivity contribution in [1.29, 1.82) is 0 Å². The number of likely N-dealkylation sites (tertiary alicyclic amines) is 1. The Morgan fingerprint density at radius 2 is 2.18 bits per heavy atom. The first-order chi connectivity index (χ1) is 8.16. The van der Waals surface area contributed by atoms with E-state index in [-0.39, 0.29) is 5.92 Å². The molecular formula is C13H24N2OS. The minimum atomic E-state index is 0.138. The predicted octanol–water partition coefficient (Wildman–Crippen LogP) is 1.73. The first-order valence-electron chi connectivity index (χ1n) is 6.79. The van der Waals surface area contributed by atoms with Gasteiger partial charge in [0.05, 0.1) is 0 Å². The van der Waals surface area contributed by atoms with Crippen molar-refractivity contribution in [2.24, 2.45) is 5.92 Å². The van der Waals surface area contributed by atoms with Crippen LogP contribution in [0.25, 0.3) is 0 Å². The van der Waals surface area contributed by atoms with Crippen LogP contribution in [0.3, 0.4) is 0 Å². The smallest absolute Gasteiger partial charge is 0.225 e. The number of nitrogens with zero attached hydrogens (tertiary/aromatic N) is 1. The van der Waals surface area contributed by atoms with Crippen molar-refractivity contribution in [2.45, 2.75) is 45.2 Å². The molecule has 0 unspecified atom stereocenters. The first kappa shape index (κ1) is 13.2. The monoisotopic (exact) mass is 256 g/mol. The molecule has 2 aliphatic rings. The molecule has 1 N–H and O–H groups in total. The minimum absolute atomic E-state index is 0.138. The normalized spacial score (nSPS) is 29.9. The molecule has 17 heavy (non-hydrogen) atoms. The Labute approximate surface area is 109 Å². The van der Waals surface area contributed by atoms with E-state index in [2.05, 4.69) is 17.1 Å². The van der Waals surface area contributed by atoms with Gasteiger partial charge in [-0.15, -0.1) is 0 Å². The number of carbonyl (C=O) groups is 1. The van der Waals surface area contributed by atoms with Gasteiger partial charge in [0.1, 0.15) is 0 Å². The fraction of sp³-hybridized carbons (Fsp3) is 0.923. The summed E-state index contributed by atoms with van der Waals surface area (Å²) in [6.45, 7) is 5.83. The number of nitrogens with one attached hydrogen (secondary N) is 1. The fourth-order valence-electron chi connectivity index (χ4n) is 2.67. The maximum absolute atomic E-state index is 11.9. The van der Waals surface area contributed by atoms with Crippen molar-refractivity contribution in [3.05, 3.63) is 0 Å². The lowest BCUT2D eigenvalue weighted by molar-refractivity contribution is -0.133. The number of rotatable bonds is 3. The van der Waals surface area contributed by atoms with E-state index in [4.69, 9.17) is 0 Å². The Bertz CT molecular complexity index is 264. The van der Waals surface area contributed by atoms with Gasteiger partial charge in [-0.3, -0.25) is 4.79 Å². The molecule has 2 atom stereocenters. The van der Waals surface area contributed by atoms with Gasteiger partial charge < -0.3 is 10.2 Å². The predicted molar refractivity (Wildman–Crippen MR) is 73.3 cm³/mol. The van der Waals surface area contributed by atoms with E-state index in [1.807, 2.05) is 18.7 Å². The molecule has 0 aromatic rings. The van der Waals surface area contributed by atoms with E-state index < -0.39 is 0 Å². The van der Waals surface area contributed by atoms with Crippen molar-refractivity contribution in [2.75, 3.05) is 24.6 Å². The molecule has 0 aliphatic carbocycles. The SMILES string of the molecule is CC(C)C(=O)N1CC[C@@H](N[C@@H]2CCCSC2)C1.